The molecular weight excluding hydrogens is 313 g/mol. The molecule has 0 aliphatic carbocycles. The van der Waals surface area contributed by atoms with Crippen molar-refractivity contribution in [2.45, 2.75) is 25.9 Å². The third-order valence-electron chi connectivity index (χ3n) is 2.92. The van der Waals surface area contributed by atoms with E-state index in [-0.39, 0.29) is 11.9 Å². The lowest BCUT2D eigenvalue weighted by Gasteiger charge is -2.17. The monoisotopic (exact) mass is 327 g/mol. The van der Waals surface area contributed by atoms with E-state index in [0.29, 0.717) is 10.9 Å². The lowest BCUT2D eigenvalue weighted by atomic mass is 10.0. The number of halogens is 2. The molecule has 1 unspecified atom stereocenters. The first-order valence-electron chi connectivity index (χ1n) is 5.93. The SMILES string of the molecule is CCn1ncnc1CC(NN)c1ccc(F)cc1Br. The van der Waals surface area contributed by atoms with E-state index in [9.17, 15) is 4.39 Å². The second-order valence-corrected chi connectivity index (χ2v) is 4.94. The Hall–Kier alpha value is -1.31. The average Bonchev–Trinajstić information content (AvgIpc) is 2.84. The van der Waals surface area contributed by atoms with Crippen LogP contribution in [0.15, 0.2) is 29.0 Å². The second-order valence-electron chi connectivity index (χ2n) is 4.08. The number of nitrogens with one attached hydrogen (secondary N) is 1. The third kappa shape index (κ3) is 3.17. The first kappa shape index (κ1) is 14.1. The third-order valence-corrected chi connectivity index (χ3v) is 3.61. The van der Waals surface area contributed by atoms with Crippen LogP contribution >= 0.6 is 15.9 Å². The van der Waals surface area contributed by atoms with Gasteiger partial charge in [-0.05, 0) is 24.6 Å². The highest BCUT2D eigenvalue weighted by Gasteiger charge is 2.17. The number of hydrogen-bond acceptors (Lipinski definition) is 4. The van der Waals surface area contributed by atoms with Gasteiger partial charge in [0.1, 0.15) is 18.0 Å². The minimum Gasteiger partial charge on any atom is -0.271 e. The fourth-order valence-electron chi connectivity index (χ4n) is 1.94. The molecule has 0 spiro atoms. The molecule has 0 saturated carbocycles. The van der Waals surface area contributed by atoms with E-state index in [2.05, 4.69) is 31.4 Å². The highest BCUT2D eigenvalue weighted by Crippen LogP contribution is 2.26. The van der Waals surface area contributed by atoms with Gasteiger partial charge in [-0.25, -0.2) is 9.37 Å². The van der Waals surface area contributed by atoms with Crippen molar-refractivity contribution in [1.29, 1.82) is 0 Å². The zero-order chi connectivity index (χ0) is 13.8. The Morgan fingerprint density at radius 1 is 1.53 bits per heavy atom. The van der Waals surface area contributed by atoms with Gasteiger partial charge in [0.15, 0.2) is 0 Å². The van der Waals surface area contributed by atoms with Gasteiger partial charge >= 0.3 is 0 Å². The first-order valence-corrected chi connectivity index (χ1v) is 6.72. The minimum atomic E-state index is -0.289. The lowest BCUT2D eigenvalue weighted by molar-refractivity contribution is 0.507. The maximum atomic E-state index is 13.1. The van der Waals surface area contributed by atoms with Crippen LogP contribution in [0.25, 0.3) is 0 Å². The Bertz CT molecular complexity index is 557. The largest absolute Gasteiger partial charge is 0.271 e. The van der Waals surface area contributed by atoms with Crippen molar-refractivity contribution in [3.8, 4) is 0 Å². The summed E-state index contributed by atoms with van der Waals surface area (Å²) in [5, 5.41) is 4.12. The molecule has 1 heterocycles. The van der Waals surface area contributed by atoms with E-state index in [1.54, 1.807) is 6.07 Å². The Morgan fingerprint density at radius 2 is 2.32 bits per heavy atom. The Balaban J connectivity index is 2.25. The van der Waals surface area contributed by atoms with Crippen molar-refractivity contribution in [1.82, 2.24) is 20.2 Å². The number of nitrogens with zero attached hydrogens (tertiary/aromatic N) is 3. The summed E-state index contributed by atoms with van der Waals surface area (Å²) in [5.41, 5.74) is 3.62. The van der Waals surface area contributed by atoms with Crippen LogP contribution in [0.1, 0.15) is 24.4 Å². The van der Waals surface area contributed by atoms with Crippen molar-refractivity contribution in [2.24, 2.45) is 5.84 Å². The molecule has 3 N–H and O–H groups in total. The van der Waals surface area contributed by atoms with Crippen LogP contribution in [-0.2, 0) is 13.0 Å². The van der Waals surface area contributed by atoms with Crippen molar-refractivity contribution >= 4 is 15.9 Å². The van der Waals surface area contributed by atoms with Gasteiger partial charge in [-0.15, -0.1) is 0 Å². The van der Waals surface area contributed by atoms with Crippen LogP contribution < -0.4 is 11.3 Å². The van der Waals surface area contributed by atoms with Crippen LogP contribution in [-0.4, -0.2) is 14.8 Å². The summed E-state index contributed by atoms with van der Waals surface area (Å²) in [6.07, 6.45) is 2.10. The van der Waals surface area contributed by atoms with Crippen LogP contribution in [0, 0.1) is 5.82 Å². The van der Waals surface area contributed by atoms with Gasteiger partial charge in [0.25, 0.3) is 0 Å². The number of hydrazine groups is 1. The molecule has 1 aromatic heterocycles. The molecule has 0 fully saturated rings. The maximum Gasteiger partial charge on any atom is 0.138 e. The van der Waals surface area contributed by atoms with E-state index in [4.69, 9.17) is 5.84 Å². The normalized spacial score (nSPS) is 12.6. The molecule has 0 saturated heterocycles. The molecule has 2 rings (SSSR count). The molecule has 5 nitrogen and oxygen atoms in total. The molecule has 102 valence electrons. The Morgan fingerprint density at radius 3 is 2.95 bits per heavy atom. The molecule has 0 aliphatic heterocycles. The van der Waals surface area contributed by atoms with Crippen molar-refractivity contribution in [3.63, 3.8) is 0 Å². The molecule has 0 radical (unpaired) electrons. The van der Waals surface area contributed by atoms with Crippen LogP contribution in [0.5, 0.6) is 0 Å². The van der Waals surface area contributed by atoms with Crippen LogP contribution in [0.4, 0.5) is 4.39 Å². The standard InChI is InChI=1S/C12H15BrFN5/c1-2-19-12(16-7-17-19)6-11(18-15)9-4-3-8(14)5-10(9)13/h3-5,7,11,18H,2,6,15H2,1H3. The topological polar surface area (TPSA) is 68.8 Å². The quantitative estimate of drug-likeness (QED) is 0.650. The number of aryl methyl sites for hydroxylation is 1. The lowest BCUT2D eigenvalue weighted by Crippen LogP contribution is -2.30. The molecule has 0 aliphatic rings. The highest BCUT2D eigenvalue weighted by atomic mass is 79.9. The molecule has 0 bridgehead atoms. The number of rotatable bonds is 5. The number of benzene rings is 1. The Labute approximate surface area is 119 Å². The van der Waals surface area contributed by atoms with E-state index in [1.165, 1.54) is 18.5 Å². The summed E-state index contributed by atoms with van der Waals surface area (Å²) >= 11 is 3.35. The average molecular weight is 328 g/mol. The van der Waals surface area contributed by atoms with Gasteiger partial charge in [0, 0.05) is 17.4 Å². The van der Waals surface area contributed by atoms with Gasteiger partial charge in [-0.3, -0.25) is 16.0 Å². The fraction of sp³-hybridized carbons (Fsp3) is 0.333. The first-order chi connectivity index (χ1) is 9.15. The predicted molar refractivity (Wildman–Crippen MR) is 73.6 cm³/mol. The summed E-state index contributed by atoms with van der Waals surface area (Å²) in [7, 11) is 0. The van der Waals surface area contributed by atoms with E-state index < -0.39 is 0 Å². The smallest absolute Gasteiger partial charge is 0.138 e. The molecule has 1 aromatic carbocycles. The highest BCUT2D eigenvalue weighted by molar-refractivity contribution is 9.10. The van der Waals surface area contributed by atoms with Gasteiger partial charge in [0.2, 0.25) is 0 Å². The summed E-state index contributed by atoms with van der Waals surface area (Å²) in [6.45, 7) is 2.74. The second kappa shape index (κ2) is 6.23. The zero-order valence-corrected chi connectivity index (χ0v) is 12.1. The molecule has 0 amide bonds. The number of nitrogens with two attached hydrogens (primary N) is 1. The van der Waals surface area contributed by atoms with E-state index in [1.807, 2.05) is 11.6 Å². The van der Waals surface area contributed by atoms with Gasteiger partial charge in [-0.1, -0.05) is 22.0 Å². The predicted octanol–water partition coefficient (Wildman–Crippen LogP) is 1.95. The Kier molecular flexibility index (Phi) is 4.62. The van der Waals surface area contributed by atoms with E-state index in [0.717, 1.165) is 17.9 Å². The van der Waals surface area contributed by atoms with Gasteiger partial charge in [-0.2, -0.15) is 5.10 Å². The summed E-state index contributed by atoms with van der Waals surface area (Å²) < 4.78 is 15.6. The summed E-state index contributed by atoms with van der Waals surface area (Å²) in [4.78, 5) is 4.21. The van der Waals surface area contributed by atoms with Crippen molar-refractivity contribution in [3.05, 3.63) is 46.2 Å². The molecule has 2 aromatic rings. The molecule has 1 atom stereocenters. The maximum absolute atomic E-state index is 13.1. The molecule has 7 heteroatoms. The molecule has 19 heavy (non-hydrogen) atoms. The molecular formula is C12H15BrFN5. The minimum absolute atomic E-state index is 0.163. The van der Waals surface area contributed by atoms with Crippen LogP contribution in [0.3, 0.4) is 0 Å². The number of hydrogen-bond donors (Lipinski definition) is 2. The van der Waals surface area contributed by atoms with Crippen molar-refractivity contribution < 1.29 is 4.39 Å². The number of aromatic nitrogens is 3. The van der Waals surface area contributed by atoms with Crippen LogP contribution in [0.2, 0.25) is 0 Å². The van der Waals surface area contributed by atoms with Crippen molar-refractivity contribution in [2.75, 3.05) is 0 Å². The fourth-order valence-corrected chi connectivity index (χ4v) is 2.56. The summed E-state index contributed by atoms with van der Waals surface area (Å²) in [6, 6.07) is 4.37. The van der Waals surface area contributed by atoms with Gasteiger partial charge < -0.3 is 0 Å². The zero-order valence-electron chi connectivity index (χ0n) is 10.5. The van der Waals surface area contributed by atoms with Gasteiger partial charge in [0.05, 0.1) is 6.04 Å². The van der Waals surface area contributed by atoms with E-state index >= 15 is 0 Å². The summed E-state index contributed by atoms with van der Waals surface area (Å²) in [5.74, 6) is 6.14.